The third-order valence-electron chi connectivity index (χ3n) is 3.42. The first-order valence-electron chi connectivity index (χ1n) is 9.92. The molecular formula is C25H40N2O. The molecule has 156 valence electrons. The van der Waals surface area contributed by atoms with Crippen molar-refractivity contribution in [2.24, 2.45) is 0 Å². The molecule has 1 aromatic rings. The fourth-order valence-electron chi connectivity index (χ4n) is 2.19. The van der Waals surface area contributed by atoms with Crippen molar-refractivity contribution in [3.8, 4) is 0 Å². The van der Waals surface area contributed by atoms with Crippen LogP contribution < -0.4 is 5.32 Å². The molecule has 0 atom stereocenters. The first kappa shape index (κ1) is 27.9. The Bertz CT molecular complexity index is 529. The van der Waals surface area contributed by atoms with Crippen LogP contribution in [0.2, 0.25) is 0 Å². The molecule has 28 heavy (non-hydrogen) atoms. The summed E-state index contributed by atoms with van der Waals surface area (Å²) in [5.41, 5.74) is 2.42. The summed E-state index contributed by atoms with van der Waals surface area (Å²) in [7, 11) is 0. The Labute approximate surface area is 173 Å². The van der Waals surface area contributed by atoms with Crippen molar-refractivity contribution in [2.45, 2.75) is 27.3 Å². The van der Waals surface area contributed by atoms with Crippen LogP contribution in [0, 0.1) is 0 Å². The van der Waals surface area contributed by atoms with Gasteiger partial charge in [0.05, 0.1) is 6.26 Å². The number of nitrogens with zero attached hydrogens (tertiary/aromatic N) is 1. The highest BCUT2D eigenvalue weighted by Gasteiger charge is 2.08. The molecule has 3 nitrogen and oxygen atoms in total. The van der Waals surface area contributed by atoms with Gasteiger partial charge in [0.25, 0.3) is 0 Å². The molecular weight excluding hydrogens is 344 g/mol. The third kappa shape index (κ3) is 17.1. The van der Waals surface area contributed by atoms with E-state index in [0.717, 1.165) is 25.2 Å². The van der Waals surface area contributed by atoms with Crippen LogP contribution in [0.15, 0.2) is 92.8 Å². The minimum atomic E-state index is 0.513. The molecule has 1 aliphatic rings. The molecule has 0 saturated carbocycles. The lowest BCUT2D eigenvalue weighted by Crippen LogP contribution is -2.42. The zero-order valence-corrected chi connectivity index (χ0v) is 18.2. The van der Waals surface area contributed by atoms with E-state index in [1.807, 2.05) is 26.8 Å². The van der Waals surface area contributed by atoms with Gasteiger partial charge < -0.3 is 10.1 Å². The Morgan fingerprint density at radius 2 is 1.64 bits per heavy atom. The number of ether oxygens (including phenoxy) is 1. The lowest BCUT2D eigenvalue weighted by Gasteiger charge is -2.27. The van der Waals surface area contributed by atoms with Crippen molar-refractivity contribution in [3.05, 3.63) is 98.4 Å². The van der Waals surface area contributed by atoms with Gasteiger partial charge in [0, 0.05) is 32.7 Å². The van der Waals surface area contributed by atoms with Crippen LogP contribution in [-0.4, -0.2) is 37.7 Å². The molecule has 1 N–H and O–H groups in total. The van der Waals surface area contributed by atoms with Crippen molar-refractivity contribution >= 4 is 0 Å². The van der Waals surface area contributed by atoms with E-state index >= 15 is 0 Å². The van der Waals surface area contributed by atoms with Crippen molar-refractivity contribution in [2.75, 3.05) is 32.8 Å². The highest BCUT2D eigenvalue weighted by molar-refractivity contribution is 5.21. The van der Waals surface area contributed by atoms with Gasteiger partial charge >= 0.3 is 0 Å². The summed E-state index contributed by atoms with van der Waals surface area (Å²) < 4.78 is 4.92. The number of nitrogens with one attached hydrogen (secondary N) is 1. The topological polar surface area (TPSA) is 24.5 Å². The van der Waals surface area contributed by atoms with Gasteiger partial charge in [-0.2, -0.15) is 0 Å². The van der Waals surface area contributed by atoms with Crippen molar-refractivity contribution < 1.29 is 4.74 Å². The minimum Gasteiger partial charge on any atom is -0.497 e. The maximum Gasteiger partial charge on any atom is 0.112 e. The number of piperazine rings is 1. The van der Waals surface area contributed by atoms with E-state index in [-0.39, 0.29) is 0 Å². The molecule has 1 aliphatic heterocycles. The van der Waals surface area contributed by atoms with Gasteiger partial charge in [-0.3, -0.25) is 4.90 Å². The van der Waals surface area contributed by atoms with Gasteiger partial charge in [-0.05, 0) is 18.1 Å². The number of hydrogen-bond acceptors (Lipinski definition) is 3. The summed E-state index contributed by atoms with van der Waals surface area (Å²) in [5, 5.41) is 3.36. The quantitative estimate of drug-likeness (QED) is 0.368. The smallest absolute Gasteiger partial charge is 0.112 e. The SMILES string of the molecule is C=C/C=C(\C=C)COC=C.C=CC.CC.c1ccc(CN2CCNCC2)cc1. The number of allylic oxidation sites excluding steroid dienone is 3. The fourth-order valence-corrected chi connectivity index (χ4v) is 2.19. The lowest BCUT2D eigenvalue weighted by atomic mass is 10.2. The second-order valence-electron chi connectivity index (χ2n) is 5.58. The zero-order chi connectivity index (χ0) is 21.5. The van der Waals surface area contributed by atoms with E-state index < -0.39 is 0 Å². The summed E-state index contributed by atoms with van der Waals surface area (Å²) in [6.07, 6.45) is 8.42. The molecule has 0 bridgehead atoms. The molecule has 1 saturated heterocycles. The second kappa shape index (κ2) is 22.7. The molecule has 1 fully saturated rings. The van der Waals surface area contributed by atoms with Crippen molar-refractivity contribution in [3.63, 3.8) is 0 Å². The molecule has 3 heteroatoms. The van der Waals surface area contributed by atoms with Gasteiger partial charge in [-0.15, -0.1) is 6.58 Å². The Morgan fingerprint density at radius 1 is 1.07 bits per heavy atom. The van der Waals surface area contributed by atoms with Gasteiger partial charge in [0.2, 0.25) is 0 Å². The van der Waals surface area contributed by atoms with E-state index in [1.54, 1.807) is 18.2 Å². The zero-order valence-electron chi connectivity index (χ0n) is 18.2. The normalized spacial score (nSPS) is 13.0. The van der Waals surface area contributed by atoms with Crippen LogP contribution in [0.5, 0.6) is 0 Å². The predicted octanol–water partition coefficient (Wildman–Crippen LogP) is 5.76. The van der Waals surface area contributed by atoms with E-state index in [2.05, 4.69) is 66.9 Å². The summed E-state index contributed by atoms with van der Waals surface area (Å²) in [4.78, 5) is 2.49. The lowest BCUT2D eigenvalue weighted by molar-refractivity contribution is 0.233. The van der Waals surface area contributed by atoms with Crippen LogP contribution in [0.3, 0.4) is 0 Å². The van der Waals surface area contributed by atoms with Crippen LogP contribution in [0.1, 0.15) is 26.3 Å². The van der Waals surface area contributed by atoms with Gasteiger partial charge in [0.1, 0.15) is 6.61 Å². The van der Waals surface area contributed by atoms with Gasteiger partial charge in [-0.1, -0.05) is 88.2 Å². The largest absolute Gasteiger partial charge is 0.497 e. The molecule has 2 rings (SSSR count). The highest BCUT2D eigenvalue weighted by atomic mass is 16.5. The van der Waals surface area contributed by atoms with Crippen LogP contribution in [0.4, 0.5) is 0 Å². The monoisotopic (exact) mass is 384 g/mol. The number of benzene rings is 1. The van der Waals surface area contributed by atoms with E-state index in [1.165, 1.54) is 24.9 Å². The molecule has 0 unspecified atom stereocenters. The predicted molar refractivity (Wildman–Crippen MR) is 126 cm³/mol. The molecule has 1 heterocycles. The fraction of sp³-hybridized carbons (Fsp3) is 0.360. The van der Waals surface area contributed by atoms with Crippen molar-refractivity contribution in [1.29, 1.82) is 0 Å². The van der Waals surface area contributed by atoms with Gasteiger partial charge in [0.15, 0.2) is 0 Å². The molecule has 0 radical (unpaired) electrons. The summed E-state index contributed by atoms with van der Waals surface area (Å²) in [6, 6.07) is 10.7. The molecule has 0 aliphatic carbocycles. The first-order valence-corrected chi connectivity index (χ1v) is 9.92. The summed E-state index contributed by atoms with van der Waals surface area (Å²) in [5.74, 6) is 0. The highest BCUT2D eigenvalue weighted by Crippen LogP contribution is 2.04. The minimum absolute atomic E-state index is 0.513. The Morgan fingerprint density at radius 3 is 2.11 bits per heavy atom. The summed E-state index contributed by atoms with van der Waals surface area (Å²) in [6.45, 7) is 26.0. The third-order valence-corrected chi connectivity index (χ3v) is 3.42. The second-order valence-corrected chi connectivity index (χ2v) is 5.58. The molecule has 0 spiro atoms. The molecule has 0 amide bonds. The maximum atomic E-state index is 4.92. The first-order chi connectivity index (χ1) is 13.7. The van der Waals surface area contributed by atoms with Crippen LogP contribution in [-0.2, 0) is 11.3 Å². The Balaban J connectivity index is 0. The van der Waals surface area contributed by atoms with E-state index in [0.29, 0.717) is 6.61 Å². The van der Waals surface area contributed by atoms with E-state index in [4.69, 9.17) is 4.74 Å². The Kier molecular flexibility index (Phi) is 22.6. The number of rotatable bonds is 7. The average Bonchev–Trinajstić information content (AvgIpc) is 2.75. The molecule has 0 aromatic heterocycles. The summed E-state index contributed by atoms with van der Waals surface area (Å²) >= 11 is 0. The van der Waals surface area contributed by atoms with E-state index in [9.17, 15) is 0 Å². The van der Waals surface area contributed by atoms with Crippen LogP contribution in [0.25, 0.3) is 0 Å². The molecule has 1 aromatic carbocycles. The van der Waals surface area contributed by atoms with Crippen molar-refractivity contribution in [1.82, 2.24) is 10.2 Å². The standard InChI is InChI=1S/C11H16N2.C9H12O.C3H6.C2H6/c1-2-4-11(5-3-1)10-13-8-6-12-7-9-13;1-4-7-9(5-2)8-10-6-3;1-3-2;1-2/h1-5,12H,6-10H2;4-7H,1-3,8H2;3H,1H2,2H3;1-2H3/b;9-7+;;. The van der Waals surface area contributed by atoms with Crippen LogP contribution >= 0.6 is 0 Å². The Hall–Kier alpha value is -2.36. The van der Waals surface area contributed by atoms with Gasteiger partial charge in [-0.25, -0.2) is 0 Å². The number of hydrogen-bond donors (Lipinski definition) is 1. The average molecular weight is 385 g/mol. The maximum absolute atomic E-state index is 4.92.